The zero-order valence-corrected chi connectivity index (χ0v) is 10.1. The molecule has 3 nitrogen and oxygen atoms in total. The fourth-order valence-corrected chi connectivity index (χ4v) is 1.55. The fourth-order valence-electron chi connectivity index (χ4n) is 1.55. The van der Waals surface area contributed by atoms with E-state index in [9.17, 15) is 0 Å². The normalized spacial score (nSPS) is 13.9. The van der Waals surface area contributed by atoms with Crippen LogP contribution in [-0.2, 0) is 0 Å². The van der Waals surface area contributed by atoms with E-state index in [-0.39, 0.29) is 0 Å². The van der Waals surface area contributed by atoms with Gasteiger partial charge in [0.05, 0.1) is 0 Å². The summed E-state index contributed by atoms with van der Waals surface area (Å²) in [5.41, 5.74) is 1.55. The lowest BCUT2D eigenvalue weighted by molar-refractivity contribution is 0.337. The van der Waals surface area contributed by atoms with Gasteiger partial charge >= 0.3 is 0 Å². The van der Waals surface area contributed by atoms with Gasteiger partial charge in [-0.2, -0.15) is 0 Å². The van der Waals surface area contributed by atoms with Gasteiger partial charge in [0, 0.05) is 24.0 Å². The number of aromatic nitrogens is 2. The van der Waals surface area contributed by atoms with Crippen LogP contribution in [0.25, 0.3) is 0 Å². The van der Waals surface area contributed by atoms with E-state index in [0.717, 1.165) is 6.42 Å². The zero-order chi connectivity index (χ0) is 11.3. The minimum atomic E-state index is 0.366. The van der Waals surface area contributed by atoms with Crippen LogP contribution in [0.2, 0.25) is 0 Å². The Morgan fingerprint density at radius 3 is 2.33 bits per heavy atom. The fraction of sp³-hybridized carbons (Fsp3) is 0.667. The summed E-state index contributed by atoms with van der Waals surface area (Å²) in [5.74, 6) is 0. The maximum Gasteiger partial charge on any atom is 0.115 e. The number of nitrogens with one attached hydrogen (secondary N) is 1. The standard InChI is InChI=1S/C12H21N3/c1-12(2,3)6-5-11(13-4)10-7-14-9-15-8-10/h7-9,11,13H,5-6H2,1-4H3. The lowest BCUT2D eigenvalue weighted by Gasteiger charge is -2.22. The van der Waals surface area contributed by atoms with Gasteiger partial charge in [0.25, 0.3) is 0 Å². The summed E-state index contributed by atoms with van der Waals surface area (Å²) < 4.78 is 0. The monoisotopic (exact) mass is 207 g/mol. The van der Waals surface area contributed by atoms with Crippen LogP contribution in [0.5, 0.6) is 0 Å². The van der Waals surface area contributed by atoms with Gasteiger partial charge in [-0.1, -0.05) is 20.8 Å². The first kappa shape index (κ1) is 12.1. The molecule has 1 aromatic heterocycles. The molecule has 0 saturated carbocycles. The number of nitrogens with zero attached hydrogens (tertiary/aromatic N) is 2. The Kier molecular flexibility index (Phi) is 4.21. The molecule has 0 bridgehead atoms. The third kappa shape index (κ3) is 4.38. The average Bonchev–Trinajstić information content (AvgIpc) is 2.19. The summed E-state index contributed by atoms with van der Waals surface area (Å²) in [6.45, 7) is 6.80. The van der Waals surface area contributed by atoms with Gasteiger partial charge in [-0.15, -0.1) is 0 Å². The van der Waals surface area contributed by atoms with E-state index in [0.29, 0.717) is 11.5 Å². The van der Waals surface area contributed by atoms with Crippen molar-refractivity contribution in [1.29, 1.82) is 0 Å². The summed E-state index contributed by atoms with van der Waals surface area (Å²) in [4.78, 5) is 8.09. The molecule has 1 heterocycles. The largest absolute Gasteiger partial charge is 0.313 e. The van der Waals surface area contributed by atoms with Crippen molar-refractivity contribution in [3.8, 4) is 0 Å². The van der Waals surface area contributed by atoms with Gasteiger partial charge in [0.2, 0.25) is 0 Å². The number of hydrogen-bond donors (Lipinski definition) is 1. The lowest BCUT2D eigenvalue weighted by Crippen LogP contribution is -2.19. The molecule has 1 rings (SSSR count). The zero-order valence-electron chi connectivity index (χ0n) is 10.1. The quantitative estimate of drug-likeness (QED) is 0.824. The van der Waals surface area contributed by atoms with Crippen molar-refractivity contribution in [2.45, 2.75) is 39.7 Å². The minimum Gasteiger partial charge on any atom is -0.313 e. The molecule has 1 unspecified atom stereocenters. The van der Waals surface area contributed by atoms with Crippen LogP contribution in [-0.4, -0.2) is 17.0 Å². The van der Waals surface area contributed by atoms with E-state index in [2.05, 4.69) is 36.1 Å². The molecule has 3 heteroatoms. The number of hydrogen-bond acceptors (Lipinski definition) is 3. The Bertz CT molecular complexity index is 277. The molecule has 84 valence electrons. The third-order valence-corrected chi connectivity index (χ3v) is 2.51. The van der Waals surface area contributed by atoms with Crippen molar-refractivity contribution < 1.29 is 0 Å². The van der Waals surface area contributed by atoms with E-state index >= 15 is 0 Å². The SMILES string of the molecule is CNC(CCC(C)(C)C)c1cncnc1. The molecule has 1 N–H and O–H groups in total. The molecule has 1 atom stereocenters. The topological polar surface area (TPSA) is 37.8 Å². The number of rotatable bonds is 4. The van der Waals surface area contributed by atoms with Gasteiger partial charge in [0.15, 0.2) is 0 Å². The Hall–Kier alpha value is -0.960. The minimum absolute atomic E-state index is 0.366. The van der Waals surface area contributed by atoms with Crippen molar-refractivity contribution in [3.05, 3.63) is 24.3 Å². The van der Waals surface area contributed by atoms with Gasteiger partial charge < -0.3 is 5.32 Å². The van der Waals surface area contributed by atoms with Gasteiger partial charge in [0.1, 0.15) is 6.33 Å². The van der Waals surface area contributed by atoms with Crippen LogP contribution in [0, 0.1) is 5.41 Å². The van der Waals surface area contributed by atoms with Crippen molar-refractivity contribution in [3.63, 3.8) is 0 Å². The highest BCUT2D eigenvalue weighted by Gasteiger charge is 2.15. The molecule has 0 fully saturated rings. The molecule has 0 aliphatic heterocycles. The molecular formula is C12H21N3. The molecule has 0 spiro atoms. The van der Waals surface area contributed by atoms with Crippen LogP contribution in [0.1, 0.15) is 45.2 Å². The Labute approximate surface area is 92.3 Å². The van der Waals surface area contributed by atoms with Gasteiger partial charge in [-0.3, -0.25) is 0 Å². The first-order chi connectivity index (χ1) is 7.03. The first-order valence-electron chi connectivity index (χ1n) is 5.45. The van der Waals surface area contributed by atoms with E-state index in [1.165, 1.54) is 12.0 Å². The summed E-state index contributed by atoms with van der Waals surface area (Å²) in [6.07, 6.45) is 7.65. The maximum atomic E-state index is 4.05. The van der Waals surface area contributed by atoms with Crippen molar-refractivity contribution in [1.82, 2.24) is 15.3 Å². The Balaban J connectivity index is 2.58. The van der Waals surface area contributed by atoms with Crippen molar-refractivity contribution in [2.75, 3.05) is 7.05 Å². The molecule has 0 radical (unpaired) electrons. The predicted molar refractivity (Wildman–Crippen MR) is 62.5 cm³/mol. The summed E-state index contributed by atoms with van der Waals surface area (Å²) in [6, 6.07) is 0.366. The smallest absolute Gasteiger partial charge is 0.115 e. The maximum absolute atomic E-state index is 4.05. The van der Waals surface area contributed by atoms with Crippen LogP contribution in [0.4, 0.5) is 0 Å². The van der Waals surface area contributed by atoms with Crippen LogP contribution < -0.4 is 5.32 Å². The van der Waals surface area contributed by atoms with E-state index in [1.807, 2.05) is 19.4 Å². The first-order valence-corrected chi connectivity index (χ1v) is 5.45. The van der Waals surface area contributed by atoms with Crippen LogP contribution >= 0.6 is 0 Å². The molecular weight excluding hydrogens is 186 g/mol. The highest BCUT2D eigenvalue weighted by molar-refractivity contribution is 5.08. The second kappa shape index (κ2) is 5.21. The molecule has 0 saturated heterocycles. The average molecular weight is 207 g/mol. The van der Waals surface area contributed by atoms with Crippen molar-refractivity contribution >= 4 is 0 Å². The highest BCUT2D eigenvalue weighted by atomic mass is 14.9. The Morgan fingerprint density at radius 1 is 1.27 bits per heavy atom. The van der Waals surface area contributed by atoms with Gasteiger partial charge in [-0.05, 0) is 25.3 Å². The molecule has 0 aliphatic carbocycles. The summed E-state index contributed by atoms with van der Waals surface area (Å²) >= 11 is 0. The molecule has 0 amide bonds. The second-order valence-corrected chi connectivity index (χ2v) is 5.11. The molecule has 0 aliphatic rings. The van der Waals surface area contributed by atoms with Gasteiger partial charge in [-0.25, -0.2) is 9.97 Å². The van der Waals surface area contributed by atoms with Crippen LogP contribution in [0.15, 0.2) is 18.7 Å². The highest BCUT2D eigenvalue weighted by Crippen LogP contribution is 2.26. The Morgan fingerprint density at radius 2 is 1.87 bits per heavy atom. The lowest BCUT2D eigenvalue weighted by atomic mass is 9.87. The van der Waals surface area contributed by atoms with Crippen LogP contribution in [0.3, 0.4) is 0 Å². The van der Waals surface area contributed by atoms with E-state index in [4.69, 9.17) is 0 Å². The molecule has 0 aromatic carbocycles. The summed E-state index contributed by atoms with van der Waals surface area (Å²) in [7, 11) is 1.99. The summed E-state index contributed by atoms with van der Waals surface area (Å²) in [5, 5.41) is 3.31. The second-order valence-electron chi connectivity index (χ2n) is 5.11. The van der Waals surface area contributed by atoms with E-state index in [1.54, 1.807) is 6.33 Å². The van der Waals surface area contributed by atoms with Crippen molar-refractivity contribution in [2.24, 2.45) is 5.41 Å². The molecule has 15 heavy (non-hydrogen) atoms. The molecule has 1 aromatic rings. The third-order valence-electron chi connectivity index (χ3n) is 2.51. The predicted octanol–water partition coefficient (Wildman–Crippen LogP) is 2.56. The van der Waals surface area contributed by atoms with E-state index < -0.39 is 0 Å².